The fraction of sp³-hybridized carbons (Fsp3) is 0.909. The molecule has 1 rings (SSSR count). The summed E-state index contributed by atoms with van der Waals surface area (Å²) in [4.78, 5) is 13.7. The predicted octanol–water partition coefficient (Wildman–Crippen LogP) is -0.490. The Hall–Kier alpha value is -0.660. The number of carbonyl (C=O) groups excluding carboxylic acids is 1. The van der Waals surface area contributed by atoms with Crippen LogP contribution in [0.25, 0.3) is 0 Å². The molecule has 0 aromatic rings. The third-order valence-electron chi connectivity index (χ3n) is 3.12. The van der Waals surface area contributed by atoms with Crippen molar-refractivity contribution in [2.24, 2.45) is 11.7 Å². The molecule has 1 fully saturated rings. The standard InChI is InChI=1S/C11H23N3O3S/c1-8(2)10(12)11(15)14-6-4-5-9(7-14)13-18(3,16)17/h8-10,13H,4-7,12H2,1-3H3. The number of hydrogen-bond donors (Lipinski definition) is 2. The number of nitrogens with two attached hydrogens (primary N) is 1. The van der Waals surface area contributed by atoms with Crippen molar-refractivity contribution >= 4 is 15.9 Å². The highest BCUT2D eigenvalue weighted by Gasteiger charge is 2.29. The first-order valence-electron chi connectivity index (χ1n) is 6.22. The van der Waals surface area contributed by atoms with Crippen LogP contribution in [0.3, 0.4) is 0 Å². The summed E-state index contributed by atoms with van der Waals surface area (Å²) >= 11 is 0. The summed E-state index contributed by atoms with van der Waals surface area (Å²) in [6, 6.07) is -0.709. The lowest BCUT2D eigenvalue weighted by atomic mass is 10.0. The van der Waals surface area contributed by atoms with E-state index in [4.69, 9.17) is 5.73 Å². The zero-order valence-electron chi connectivity index (χ0n) is 11.2. The summed E-state index contributed by atoms with van der Waals surface area (Å²) in [5, 5.41) is 0. The number of likely N-dealkylation sites (tertiary alicyclic amines) is 1. The zero-order chi connectivity index (χ0) is 13.9. The number of rotatable bonds is 4. The van der Waals surface area contributed by atoms with Crippen LogP contribution in [0.5, 0.6) is 0 Å². The summed E-state index contributed by atoms with van der Waals surface area (Å²) in [6.07, 6.45) is 2.69. The van der Waals surface area contributed by atoms with E-state index in [1.165, 1.54) is 0 Å². The lowest BCUT2D eigenvalue weighted by Crippen LogP contribution is -2.54. The van der Waals surface area contributed by atoms with Gasteiger partial charge in [-0.15, -0.1) is 0 Å². The molecule has 1 amide bonds. The average Bonchev–Trinajstić information content (AvgIpc) is 2.25. The van der Waals surface area contributed by atoms with Crippen molar-refractivity contribution in [2.75, 3.05) is 19.3 Å². The molecular weight excluding hydrogens is 254 g/mol. The summed E-state index contributed by atoms with van der Waals surface area (Å²) in [5.41, 5.74) is 5.83. The second kappa shape index (κ2) is 5.99. The van der Waals surface area contributed by atoms with Crippen LogP contribution in [0.4, 0.5) is 0 Å². The van der Waals surface area contributed by atoms with E-state index in [2.05, 4.69) is 4.72 Å². The van der Waals surface area contributed by atoms with Crippen molar-refractivity contribution in [2.45, 2.75) is 38.8 Å². The molecule has 1 heterocycles. The first-order chi connectivity index (χ1) is 8.20. The fourth-order valence-corrected chi connectivity index (χ4v) is 2.87. The third kappa shape index (κ3) is 4.55. The Labute approximate surface area is 109 Å². The molecule has 0 saturated carbocycles. The van der Waals surface area contributed by atoms with Crippen molar-refractivity contribution < 1.29 is 13.2 Å². The van der Waals surface area contributed by atoms with Crippen LogP contribution in [0.2, 0.25) is 0 Å². The Kier molecular flexibility index (Phi) is 5.12. The highest BCUT2D eigenvalue weighted by atomic mass is 32.2. The predicted molar refractivity (Wildman–Crippen MR) is 70.4 cm³/mol. The molecule has 6 nitrogen and oxygen atoms in total. The largest absolute Gasteiger partial charge is 0.340 e. The van der Waals surface area contributed by atoms with Gasteiger partial charge in [0.25, 0.3) is 0 Å². The topological polar surface area (TPSA) is 92.5 Å². The normalized spacial score (nSPS) is 23.2. The summed E-state index contributed by atoms with van der Waals surface area (Å²) in [7, 11) is -3.23. The summed E-state index contributed by atoms with van der Waals surface area (Å²) in [6.45, 7) is 4.87. The van der Waals surface area contributed by atoms with E-state index in [-0.39, 0.29) is 17.9 Å². The van der Waals surface area contributed by atoms with Crippen molar-refractivity contribution in [3.63, 3.8) is 0 Å². The average molecular weight is 277 g/mol. The Morgan fingerprint density at radius 3 is 2.56 bits per heavy atom. The SMILES string of the molecule is CC(C)C(N)C(=O)N1CCCC(NS(C)(=O)=O)C1. The second-order valence-electron chi connectivity index (χ2n) is 5.28. The fourth-order valence-electron chi connectivity index (χ4n) is 2.07. The summed E-state index contributed by atoms with van der Waals surface area (Å²) in [5.74, 6) is -0.00857. The van der Waals surface area contributed by atoms with E-state index in [0.29, 0.717) is 13.1 Å². The van der Waals surface area contributed by atoms with Crippen LogP contribution in [0.1, 0.15) is 26.7 Å². The molecule has 0 bridgehead atoms. The van der Waals surface area contributed by atoms with Crippen LogP contribution < -0.4 is 10.5 Å². The molecule has 2 atom stereocenters. The minimum Gasteiger partial charge on any atom is -0.340 e. The van der Waals surface area contributed by atoms with Crippen LogP contribution >= 0.6 is 0 Å². The quantitative estimate of drug-likeness (QED) is 0.725. The van der Waals surface area contributed by atoms with E-state index in [0.717, 1.165) is 19.1 Å². The van der Waals surface area contributed by atoms with E-state index in [9.17, 15) is 13.2 Å². The lowest BCUT2D eigenvalue weighted by Gasteiger charge is -2.34. The molecule has 0 spiro atoms. The van der Waals surface area contributed by atoms with Gasteiger partial charge in [-0.3, -0.25) is 4.79 Å². The Bertz CT molecular complexity index is 394. The van der Waals surface area contributed by atoms with Crippen LogP contribution in [-0.4, -0.2) is 50.7 Å². The van der Waals surface area contributed by atoms with E-state index < -0.39 is 16.1 Å². The monoisotopic (exact) mass is 277 g/mol. The Balaban J connectivity index is 2.61. The second-order valence-corrected chi connectivity index (χ2v) is 7.06. The first kappa shape index (κ1) is 15.4. The molecule has 106 valence electrons. The molecule has 7 heteroatoms. The number of nitrogens with one attached hydrogen (secondary N) is 1. The molecule has 18 heavy (non-hydrogen) atoms. The van der Waals surface area contributed by atoms with Crippen molar-refractivity contribution in [1.82, 2.24) is 9.62 Å². The van der Waals surface area contributed by atoms with Crippen LogP contribution in [0, 0.1) is 5.92 Å². The number of amides is 1. The summed E-state index contributed by atoms with van der Waals surface area (Å²) < 4.78 is 24.9. The number of sulfonamides is 1. The Morgan fingerprint density at radius 2 is 2.06 bits per heavy atom. The van der Waals surface area contributed by atoms with Crippen LogP contribution in [-0.2, 0) is 14.8 Å². The van der Waals surface area contributed by atoms with Gasteiger partial charge in [0.05, 0.1) is 12.3 Å². The van der Waals surface area contributed by atoms with Gasteiger partial charge in [-0.25, -0.2) is 13.1 Å². The molecule has 0 radical (unpaired) electrons. The maximum atomic E-state index is 12.1. The van der Waals surface area contributed by atoms with Crippen molar-refractivity contribution in [1.29, 1.82) is 0 Å². The molecule has 0 aliphatic carbocycles. The zero-order valence-corrected chi connectivity index (χ0v) is 12.0. The molecule has 2 unspecified atom stereocenters. The Morgan fingerprint density at radius 1 is 1.44 bits per heavy atom. The third-order valence-corrected chi connectivity index (χ3v) is 3.88. The molecule has 1 saturated heterocycles. The molecular formula is C11H23N3O3S. The number of nitrogens with zero attached hydrogens (tertiary/aromatic N) is 1. The van der Waals surface area contributed by atoms with Gasteiger partial charge in [0.2, 0.25) is 15.9 Å². The number of hydrogen-bond acceptors (Lipinski definition) is 4. The van der Waals surface area contributed by atoms with Gasteiger partial charge in [-0.1, -0.05) is 13.8 Å². The maximum absolute atomic E-state index is 12.1. The van der Waals surface area contributed by atoms with Gasteiger partial charge < -0.3 is 10.6 Å². The minimum absolute atomic E-state index is 0.0840. The molecule has 1 aliphatic heterocycles. The van der Waals surface area contributed by atoms with Gasteiger partial charge in [-0.05, 0) is 18.8 Å². The van der Waals surface area contributed by atoms with Crippen molar-refractivity contribution in [3.05, 3.63) is 0 Å². The van der Waals surface area contributed by atoms with E-state index in [1.54, 1.807) is 4.90 Å². The molecule has 0 aromatic heterocycles. The number of piperidine rings is 1. The maximum Gasteiger partial charge on any atom is 0.239 e. The lowest BCUT2D eigenvalue weighted by molar-refractivity contribution is -0.134. The van der Waals surface area contributed by atoms with Gasteiger partial charge in [-0.2, -0.15) is 0 Å². The van der Waals surface area contributed by atoms with Gasteiger partial charge in [0.1, 0.15) is 0 Å². The molecule has 0 aromatic carbocycles. The molecule has 1 aliphatic rings. The highest BCUT2D eigenvalue weighted by Crippen LogP contribution is 2.13. The molecule has 3 N–H and O–H groups in total. The van der Waals surface area contributed by atoms with E-state index in [1.807, 2.05) is 13.8 Å². The van der Waals surface area contributed by atoms with E-state index >= 15 is 0 Å². The van der Waals surface area contributed by atoms with Crippen molar-refractivity contribution in [3.8, 4) is 0 Å². The minimum atomic E-state index is -3.23. The number of carbonyl (C=O) groups is 1. The van der Waals surface area contributed by atoms with Crippen LogP contribution in [0.15, 0.2) is 0 Å². The van der Waals surface area contributed by atoms with Gasteiger partial charge in [0, 0.05) is 19.1 Å². The van der Waals surface area contributed by atoms with Gasteiger partial charge in [0.15, 0.2) is 0 Å². The van der Waals surface area contributed by atoms with Gasteiger partial charge >= 0.3 is 0 Å². The smallest absolute Gasteiger partial charge is 0.239 e. The first-order valence-corrected chi connectivity index (χ1v) is 8.11. The highest BCUT2D eigenvalue weighted by molar-refractivity contribution is 7.88.